The van der Waals surface area contributed by atoms with Crippen molar-refractivity contribution in [3.05, 3.63) is 81.7 Å². The number of carbonyl (C=O) groups is 1. The van der Waals surface area contributed by atoms with Gasteiger partial charge in [-0.2, -0.15) is 5.10 Å². The standard InChI is InChI=1S/C22H19N3O6/c1-29-20-6-3-15(10-17(20)13-24-14-18(12-23-24)25(27)28)2-5-19(26)16-4-7-21-22(11-16)31-9-8-30-21/h2-7,10-12,14H,8-9,13H2,1H3/b5-2+. The third-order valence-corrected chi connectivity index (χ3v) is 4.72. The lowest BCUT2D eigenvalue weighted by Gasteiger charge is -2.18. The van der Waals surface area contributed by atoms with E-state index in [9.17, 15) is 14.9 Å². The van der Waals surface area contributed by atoms with Gasteiger partial charge in [-0.1, -0.05) is 12.1 Å². The number of aromatic nitrogens is 2. The van der Waals surface area contributed by atoms with Crippen LogP contribution in [0.15, 0.2) is 54.9 Å². The van der Waals surface area contributed by atoms with Crippen molar-refractivity contribution in [1.29, 1.82) is 0 Å². The second-order valence-electron chi connectivity index (χ2n) is 6.78. The summed E-state index contributed by atoms with van der Waals surface area (Å²) < 4.78 is 17.8. The van der Waals surface area contributed by atoms with E-state index in [-0.39, 0.29) is 18.0 Å². The first kappa shape index (κ1) is 20.1. The molecule has 0 spiro atoms. The smallest absolute Gasteiger partial charge is 0.307 e. The minimum absolute atomic E-state index is 0.0833. The summed E-state index contributed by atoms with van der Waals surface area (Å²) in [7, 11) is 1.55. The molecular weight excluding hydrogens is 402 g/mol. The number of allylic oxidation sites excluding steroid dienone is 1. The van der Waals surface area contributed by atoms with E-state index in [1.807, 2.05) is 12.1 Å². The van der Waals surface area contributed by atoms with Crippen LogP contribution < -0.4 is 14.2 Å². The van der Waals surface area contributed by atoms with Gasteiger partial charge in [0.25, 0.3) is 0 Å². The minimum atomic E-state index is -0.497. The Labute approximate surface area is 177 Å². The van der Waals surface area contributed by atoms with Gasteiger partial charge in [0.15, 0.2) is 17.3 Å². The molecule has 0 bridgehead atoms. The Hall–Kier alpha value is -4.14. The van der Waals surface area contributed by atoms with E-state index in [2.05, 4.69) is 5.10 Å². The number of nitro groups is 1. The number of ether oxygens (including phenoxy) is 3. The van der Waals surface area contributed by atoms with Gasteiger partial charge < -0.3 is 14.2 Å². The predicted molar refractivity (Wildman–Crippen MR) is 112 cm³/mol. The number of fused-ring (bicyclic) bond motifs is 1. The monoisotopic (exact) mass is 421 g/mol. The minimum Gasteiger partial charge on any atom is -0.496 e. The maximum atomic E-state index is 12.6. The molecule has 2 aromatic carbocycles. The SMILES string of the molecule is COc1ccc(/C=C/C(=O)c2ccc3c(c2)OCCO3)cc1Cn1cc([N+](=O)[O-])cn1. The molecule has 3 aromatic rings. The topological polar surface area (TPSA) is 106 Å². The van der Waals surface area contributed by atoms with Gasteiger partial charge in [-0.3, -0.25) is 19.6 Å². The van der Waals surface area contributed by atoms with Crippen molar-refractivity contribution < 1.29 is 23.9 Å². The Kier molecular flexibility index (Phi) is 5.65. The third-order valence-electron chi connectivity index (χ3n) is 4.72. The van der Waals surface area contributed by atoms with Crippen LogP contribution in [0.5, 0.6) is 17.2 Å². The second-order valence-corrected chi connectivity index (χ2v) is 6.78. The summed E-state index contributed by atoms with van der Waals surface area (Å²) in [4.78, 5) is 22.9. The van der Waals surface area contributed by atoms with E-state index in [1.54, 1.807) is 37.5 Å². The van der Waals surface area contributed by atoms with Crippen molar-refractivity contribution >= 4 is 17.5 Å². The Balaban J connectivity index is 1.52. The lowest BCUT2D eigenvalue weighted by atomic mass is 10.1. The molecule has 0 saturated carbocycles. The Morgan fingerprint density at radius 1 is 1.23 bits per heavy atom. The van der Waals surface area contributed by atoms with Gasteiger partial charge in [0, 0.05) is 11.1 Å². The molecule has 0 aliphatic carbocycles. The predicted octanol–water partition coefficient (Wildman–Crippen LogP) is 3.52. The number of ketones is 1. The molecule has 0 unspecified atom stereocenters. The molecule has 1 aliphatic rings. The molecule has 9 heteroatoms. The Bertz CT molecular complexity index is 1170. The molecule has 0 fully saturated rings. The highest BCUT2D eigenvalue weighted by atomic mass is 16.6. The van der Waals surface area contributed by atoms with Crippen LogP contribution in [0, 0.1) is 10.1 Å². The van der Waals surface area contributed by atoms with Crippen LogP contribution in [0.4, 0.5) is 5.69 Å². The van der Waals surface area contributed by atoms with Crippen LogP contribution in [0.3, 0.4) is 0 Å². The summed E-state index contributed by atoms with van der Waals surface area (Å²) in [6.07, 6.45) is 5.74. The van der Waals surface area contributed by atoms with Crippen LogP contribution in [-0.2, 0) is 6.54 Å². The first-order valence-electron chi connectivity index (χ1n) is 9.49. The first-order valence-corrected chi connectivity index (χ1v) is 9.49. The molecule has 1 aromatic heterocycles. The van der Waals surface area contributed by atoms with Gasteiger partial charge in [-0.25, -0.2) is 0 Å². The van der Waals surface area contributed by atoms with Crippen LogP contribution in [0.1, 0.15) is 21.5 Å². The van der Waals surface area contributed by atoms with Gasteiger partial charge in [0.05, 0.1) is 18.6 Å². The van der Waals surface area contributed by atoms with Crippen molar-refractivity contribution in [2.24, 2.45) is 0 Å². The molecule has 0 atom stereocenters. The van der Waals surface area contributed by atoms with Gasteiger partial charge in [0.1, 0.15) is 31.4 Å². The van der Waals surface area contributed by atoms with Crippen LogP contribution >= 0.6 is 0 Å². The molecule has 0 N–H and O–H groups in total. The van der Waals surface area contributed by atoms with Gasteiger partial charge in [-0.05, 0) is 42.0 Å². The largest absolute Gasteiger partial charge is 0.496 e. The number of rotatable bonds is 7. The van der Waals surface area contributed by atoms with Crippen molar-refractivity contribution in [2.45, 2.75) is 6.54 Å². The lowest BCUT2D eigenvalue weighted by molar-refractivity contribution is -0.385. The van der Waals surface area contributed by atoms with Gasteiger partial charge in [0.2, 0.25) is 0 Å². The molecule has 9 nitrogen and oxygen atoms in total. The fraction of sp³-hybridized carbons (Fsp3) is 0.182. The van der Waals surface area contributed by atoms with E-state index < -0.39 is 4.92 Å². The number of hydrogen-bond acceptors (Lipinski definition) is 7. The number of hydrogen-bond donors (Lipinski definition) is 0. The molecular formula is C22H19N3O6. The van der Waals surface area contributed by atoms with Crippen LogP contribution in [0.2, 0.25) is 0 Å². The maximum Gasteiger partial charge on any atom is 0.307 e. The van der Waals surface area contributed by atoms with Gasteiger partial charge >= 0.3 is 5.69 Å². The highest BCUT2D eigenvalue weighted by Gasteiger charge is 2.14. The average molecular weight is 421 g/mol. The molecule has 0 saturated heterocycles. The van der Waals surface area contributed by atoms with Crippen molar-refractivity contribution in [3.63, 3.8) is 0 Å². The second kappa shape index (κ2) is 8.70. The fourth-order valence-corrected chi connectivity index (χ4v) is 3.20. The van der Waals surface area contributed by atoms with Crippen molar-refractivity contribution in [3.8, 4) is 17.2 Å². The fourth-order valence-electron chi connectivity index (χ4n) is 3.20. The van der Waals surface area contributed by atoms with Gasteiger partial charge in [-0.15, -0.1) is 0 Å². The van der Waals surface area contributed by atoms with E-state index in [0.29, 0.717) is 36.0 Å². The lowest BCUT2D eigenvalue weighted by Crippen LogP contribution is -2.15. The quantitative estimate of drug-likeness (QED) is 0.249. The normalized spacial score (nSPS) is 12.7. The summed E-state index contributed by atoms with van der Waals surface area (Å²) in [5.41, 5.74) is 1.97. The molecule has 0 amide bonds. The van der Waals surface area contributed by atoms with E-state index in [0.717, 1.165) is 11.1 Å². The first-order chi connectivity index (χ1) is 15.0. The molecule has 0 radical (unpaired) electrons. The number of methoxy groups -OCH3 is 1. The Morgan fingerprint density at radius 3 is 2.77 bits per heavy atom. The zero-order valence-corrected chi connectivity index (χ0v) is 16.7. The molecule has 2 heterocycles. The summed E-state index contributed by atoms with van der Waals surface area (Å²) in [5, 5.41) is 14.9. The molecule has 31 heavy (non-hydrogen) atoms. The average Bonchev–Trinajstić information content (AvgIpc) is 3.26. The maximum absolute atomic E-state index is 12.6. The highest BCUT2D eigenvalue weighted by Crippen LogP contribution is 2.31. The Morgan fingerprint density at radius 2 is 2.03 bits per heavy atom. The summed E-state index contributed by atoms with van der Waals surface area (Å²) >= 11 is 0. The third kappa shape index (κ3) is 4.55. The number of carbonyl (C=O) groups excluding carboxylic acids is 1. The van der Waals surface area contributed by atoms with Crippen LogP contribution in [-0.4, -0.2) is 40.8 Å². The van der Waals surface area contributed by atoms with E-state index in [4.69, 9.17) is 14.2 Å². The van der Waals surface area contributed by atoms with Crippen molar-refractivity contribution in [2.75, 3.05) is 20.3 Å². The van der Waals surface area contributed by atoms with E-state index >= 15 is 0 Å². The molecule has 4 rings (SSSR count). The summed E-state index contributed by atoms with van der Waals surface area (Å²) in [6.45, 7) is 1.23. The highest BCUT2D eigenvalue weighted by molar-refractivity contribution is 6.07. The van der Waals surface area contributed by atoms with E-state index in [1.165, 1.54) is 23.2 Å². The molecule has 1 aliphatic heterocycles. The zero-order valence-electron chi connectivity index (χ0n) is 16.7. The van der Waals surface area contributed by atoms with Crippen LogP contribution in [0.25, 0.3) is 6.08 Å². The van der Waals surface area contributed by atoms with Crippen molar-refractivity contribution in [1.82, 2.24) is 9.78 Å². The summed E-state index contributed by atoms with van der Waals surface area (Å²) in [5.74, 6) is 1.64. The summed E-state index contributed by atoms with van der Waals surface area (Å²) in [6, 6.07) is 10.5. The zero-order chi connectivity index (χ0) is 21.8. The number of benzene rings is 2. The molecule has 158 valence electrons. The number of nitrogens with zero attached hydrogens (tertiary/aromatic N) is 3.